The molecule has 0 saturated heterocycles. The molecule has 0 bridgehead atoms. The maximum Gasteiger partial charge on any atom is 0.127 e. The van der Waals surface area contributed by atoms with Gasteiger partial charge in [-0.25, -0.2) is 0 Å². The van der Waals surface area contributed by atoms with Crippen molar-refractivity contribution in [1.82, 2.24) is 0 Å². The number of nitrogens with zero attached hydrogens (tertiary/aromatic N) is 1. The van der Waals surface area contributed by atoms with Crippen molar-refractivity contribution in [2.75, 3.05) is 7.11 Å². The molecule has 0 spiro atoms. The first-order chi connectivity index (χ1) is 9.78. The van der Waals surface area contributed by atoms with Crippen molar-refractivity contribution >= 4 is 0 Å². The van der Waals surface area contributed by atoms with E-state index in [1.165, 1.54) is 0 Å². The smallest absolute Gasteiger partial charge is 0.127 e. The molecule has 0 unspecified atom stereocenters. The van der Waals surface area contributed by atoms with Gasteiger partial charge in [-0.05, 0) is 12.1 Å². The Bertz CT molecular complexity index is 633. The highest BCUT2D eigenvalue weighted by Gasteiger charge is 2.07. The van der Waals surface area contributed by atoms with E-state index in [-0.39, 0.29) is 0 Å². The summed E-state index contributed by atoms with van der Waals surface area (Å²) in [5.74, 6) is 1.39. The Kier molecular flexibility index (Phi) is 4.59. The van der Waals surface area contributed by atoms with Crippen molar-refractivity contribution in [1.29, 1.82) is 5.26 Å². The lowest BCUT2D eigenvalue weighted by atomic mass is 10.1. The lowest BCUT2D eigenvalue weighted by Crippen LogP contribution is -2.04. The van der Waals surface area contributed by atoms with E-state index >= 15 is 0 Å². The SMILES string of the molecule is COc1ccc(CN)c(OCc2ccccc2C#N)c1. The molecule has 0 aliphatic heterocycles. The first kappa shape index (κ1) is 13.9. The number of hydrogen-bond acceptors (Lipinski definition) is 4. The van der Waals surface area contributed by atoms with Crippen molar-refractivity contribution in [3.8, 4) is 17.6 Å². The van der Waals surface area contributed by atoms with Crippen LogP contribution in [0.15, 0.2) is 42.5 Å². The van der Waals surface area contributed by atoms with E-state index in [0.717, 1.165) is 11.1 Å². The highest BCUT2D eigenvalue weighted by molar-refractivity contribution is 5.42. The van der Waals surface area contributed by atoms with Crippen LogP contribution in [-0.4, -0.2) is 7.11 Å². The third-order valence-corrected chi connectivity index (χ3v) is 3.02. The number of nitrogens with two attached hydrogens (primary N) is 1. The molecule has 0 aliphatic carbocycles. The van der Waals surface area contributed by atoms with Crippen LogP contribution < -0.4 is 15.2 Å². The van der Waals surface area contributed by atoms with E-state index in [2.05, 4.69) is 6.07 Å². The van der Waals surface area contributed by atoms with E-state index in [1.807, 2.05) is 30.3 Å². The zero-order valence-corrected chi connectivity index (χ0v) is 11.3. The molecule has 0 atom stereocenters. The Morgan fingerprint density at radius 2 is 1.95 bits per heavy atom. The summed E-state index contributed by atoms with van der Waals surface area (Å²) in [6.07, 6.45) is 0. The lowest BCUT2D eigenvalue weighted by molar-refractivity contribution is 0.300. The number of nitriles is 1. The standard InChI is InChI=1S/C16H16N2O2/c1-19-15-7-6-13(10-18)16(8-15)20-11-14-5-3-2-4-12(14)9-17/h2-8H,10-11,18H2,1H3. The number of rotatable bonds is 5. The van der Waals surface area contributed by atoms with Crippen molar-refractivity contribution in [3.63, 3.8) is 0 Å². The molecule has 0 heterocycles. The summed E-state index contributed by atoms with van der Waals surface area (Å²) in [4.78, 5) is 0. The van der Waals surface area contributed by atoms with Crippen molar-refractivity contribution in [2.45, 2.75) is 13.2 Å². The zero-order chi connectivity index (χ0) is 14.4. The van der Waals surface area contributed by atoms with Crippen LogP contribution in [0.5, 0.6) is 11.5 Å². The minimum Gasteiger partial charge on any atom is -0.497 e. The summed E-state index contributed by atoms with van der Waals surface area (Å²) in [6.45, 7) is 0.711. The number of methoxy groups -OCH3 is 1. The van der Waals surface area contributed by atoms with Crippen LogP contribution in [0.2, 0.25) is 0 Å². The Morgan fingerprint density at radius 1 is 1.15 bits per heavy atom. The molecule has 102 valence electrons. The number of ether oxygens (including phenoxy) is 2. The first-order valence-corrected chi connectivity index (χ1v) is 6.26. The predicted molar refractivity (Wildman–Crippen MR) is 76.4 cm³/mol. The van der Waals surface area contributed by atoms with Gasteiger partial charge in [0.25, 0.3) is 0 Å². The minimum absolute atomic E-state index is 0.323. The molecule has 0 radical (unpaired) electrons. The summed E-state index contributed by atoms with van der Waals surface area (Å²) >= 11 is 0. The molecular weight excluding hydrogens is 252 g/mol. The van der Waals surface area contributed by atoms with E-state index in [4.69, 9.17) is 20.5 Å². The van der Waals surface area contributed by atoms with E-state index in [9.17, 15) is 0 Å². The molecule has 2 aromatic rings. The molecular formula is C16H16N2O2. The summed E-state index contributed by atoms with van der Waals surface area (Å²) in [6, 6.07) is 15.0. The van der Waals surface area contributed by atoms with Gasteiger partial charge in [0.05, 0.1) is 18.7 Å². The monoisotopic (exact) mass is 268 g/mol. The Hall–Kier alpha value is -2.51. The van der Waals surface area contributed by atoms with Crippen molar-refractivity contribution in [2.24, 2.45) is 5.73 Å². The zero-order valence-electron chi connectivity index (χ0n) is 11.3. The van der Waals surface area contributed by atoms with Gasteiger partial charge in [0, 0.05) is 23.7 Å². The molecule has 2 N–H and O–H groups in total. The second-order valence-electron chi connectivity index (χ2n) is 4.24. The Morgan fingerprint density at radius 3 is 2.65 bits per heavy atom. The highest BCUT2D eigenvalue weighted by Crippen LogP contribution is 2.25. The fraction of sp³-hybridized carbons (Fsp3) is 0.188. The molecule has 4 heteroatoms. The topological polar surface area (TPSA) is 68.3 Å². The summed E-state index contributed by atoms with van der Waals surface area (Å²) in [5.41, 5.74) is 8.06. The van der Waals surface area contributed by atoms with Crippen LogP contribution >= 0.6 is 0 Å². The third-order valence-electron chi connectivity index (χ3n) is 3.02. The number of hydrogen-bond donors (Lipinski definition) is 1. The summed E-state index contributed by atoms with van der Waals surface area (Å²) in [5, 5.41) is 9.05. The second-order valence-corrected chi connectivity index (χ2v) is 4.24. The van der Waals surface area contributed by atoms with E-state index < -0.39 is 0 Å². The van der Waals surface area contributed by atoms with E-state index in [1.54, 1.807) is 19.2 Å². The van der Waals surface area contributed by atoms with Gasteiger partial charge >= 0.3 is 0 Å². The van der Waals surface area contributed by atoms with Gasteiger partial charge in [0.2, 0.25) is 0 Å². The van der Waals surface area contributed by atoms with Crippen LogP contribution in [0.4, 0.5) is 0 Å². The molecule has 20 heavy (non-hydrogen) atoms. The van der Waals surface area contributed by atoms with Gasteiger partial charge in [-0.3, -0.25) is 0 Å². The molecule has 0 aromatic heterocycles. The van der Waals surface area contributed by atoms with E-state index in [0.29, 0.717) is 30.2 Å². The van der Waals surface area contributed by atoms with Gasteiger partial charge in [-0.2, -0.15) is 5.26 Å². The van der Waals surface area contributed by atoms with Crippen molar-refractivity contribution in [3.05, 3.63) is 59.2 Å². The van der Waals surface area contributed by atoms with Gasteiger partial charge in [0.15, 0.2) is 0 Å². The second kappa shape index (κ2) is 6.60. The molecule has 0 saturated carbocycles. The van der Waals surface area contributed by atoms with Gasteiger partial charge in [-0.1, -0.05) is 24.3 Å². The molecule has 4 nitrogen and oxygen atoms in total. The van der Waals surface area contributed by atoms with Gasteiger partial charge in [-0.15, -0.1) is 0 Å². The molecule has 0 amide bonds. The Labute approximate surface area is 118 Å². The average Bonchev–Trinajstić information content (AvgIpc) is 2.52. The lowest BCUT2D eigenvalue weighted by Gasteiger charge is -2.12. The quantitative estimate of drug-likeness (QED) is 0.905. The summed E-state index contributed by atoms with van der Waals surface area (Å²) < 4.78 is 11.0. The average molecular weight is 268 g/mol. The van der Waals surface area contributed by atoms with Crippen LogP contribution in [0.25, 0.3) is 0 Å². The third kappa shape index (κ3) is 3.08. The fourth-order valence-corrected chi connectivity index (χ4v) is 1.88. The maximum absolute atomic E-state index is 9.05. The molecule has 2 rings (SSSR count). The van der Waals surface area contributed by atoms with Gasteiger partial charge in [0.1, 0.15) is 18.1 Å². The highest BCUT2D eigenvalue weighted by atomic mass is 16.5. The predicted octanol–water partition coefficient (Wildman–Crippen LogP) is 2.60. The maximum atomic E-state index is 9.05. The molecule has 0 aliphatic rings. The number of benzene rings is 2. The largest absolute Gasteiger partial charge is 0.497 e. The van der Waals surface area contributed by atoms with Gasteiger partial charge < -0.3 is 15.2 Å². The van der Waals surface area contributed by atoms with Crippen molar-refractivity contribution < 1.29 is 9.47 Å². The summed E-state index contributed by atoms with van der Waals surface area (Å²) in [7, 11) is 1.60. The minimum atomic E-state index is 0.323. The normalized spacial score (nSPS) is 9.85. The molecule has 2 aromatic carbocycles. The first-order valence-electron chi connectivity index (χ1n) is 6.26. The van der Waals surface area contributed by atoms with Crippen LogP contribution in [0, 0.1) is 11.3 Å². The fourth-order valence-electron chi connectivity index (χ4n) is 1.88. The van der Waals surface area contributed by atoms with Crippen LogP contribution in [-0.2, 0) is 13.2 Å². The Balaban J connectivity index is 2.20. The van der Waals surface area contributed by atoms with Crippen LogP contribution in [0.3, 0.4) is 0 Å². The van der Waals surface area contributed by atoms with Crippen LogP contribution in [0.1, 0.15) is 16.7 Å². The molecule has 0 fully saturated rings.